The minimum atomic E-state index is -3.99. The zero-order valence-electron chi connectivity index (χ0n) is 16.8. The number of sulfone groups is 1. The second-order valence-electron chi connectivity index (χ2n) is 7.15. The number of hydrogen-bond donors (Lipinski definition) is 1. The molecule has 0 atom stereocenters. The molecule has 10 heteroatoms. The van der Waals surface area contributed by atoms with Crippen LogP contribution in [0.2, 0.25) is 0 Å². The highest BCUT2D eigenvalue weighted by Gasteiger charge is 2.35. The summed E-state index contributed by atoms with van der Waals surface area (Å²) >= 11 is 1.28. The van der Waals surface area contributed by atoms with Gasteiger partial charge in [0.1, 0.15) is 0 Å². The van der Waals surface area contributed by atoms with Gasteiger partial charge in [-0.15, -0.1) is 0 Å². The molecule has 8 nitrogen and oxygen atoms in total. The quantitative estimate of drug-likeness (QED) is 0.393. The van der Waals surface area contributed by atoms with Crippen LogP contribution in [-0.2, 0) is 19.4 Å². The number of para-hydroxylation sites is 1. The number of benzene rings is 3. The molecule has 4 aromatic rings. The SMILES string of the molecule is O=C(COC(=O)c1ccc2c(c1)S(=O)(=O)c1ccccc1C2=O)Nc1nc2ccccc2s1. The van der Waals surface area contributed by atoms with Gasteiger partial charge in [-0.1, -0.05) is 35.6 Å². The van der Waals surface area contributed by atoms with Crippen LogP contribution in [0.5, 0.6) is 0 Å². The van der Waals surface area contributed by atoms with Crippen LogP contribution in [0, 0.1) is 0 Å². The number of rotatable bonds is 4. The summed E-state index contributed by atoms with van der Waals surface area (Å²) in [7, 11) is -3.99. The lowest BCUT2D eigenvalue weighted by Gasteiger charge is -2.19. The number of nitrogens with one attached hydrogen (secondary N) is 1. The molecule has 1 N–H and O–H groups in total. The number of ether oxygens (including phenoxy) is 1. The smallest absolute Gasteiger partial charge is 0.338 e. The summed E-state index contributed by atoms with van der Waals surface area (Å²) in [5, 5.41) is 2.94. The van der Waals surface area contributed by atoms with Crippen LogP contribution in [0.3, 0.4) is 0 Å². The van der Waals surface area contributed by atoms with Gasteiger partial charge in [-0.3, -0.25) is 14.9 Å². The molecule has 1 aromatic heterocycles. The van der Waals surface area contributed by atoms with Crippen LogP contribution in [0.1, 0.15) is 26.3 Å². The highest BCUT2D eigenvalue weighted by Crippen LogP contribution is 2.34. The average Bonchev–Trinajstić information content (AvgIpc) is 3.23. The van der Waals surface area contributed by atoms with Crippen LogP contribution in [0.25, 0.3) is 10.2 Å². The van der Waals surface area contributed by atoms with Gasteiger partial charge < -0.3 is 4.74 Å². The van der Waals surface area contributed by atoms with E-state index in [2.05, 4.69) is 10.3 Å². The summed E-state index contributed by atoms with van der Waals surface area (Å²) in [6, 6.07) is 17.0. The van der Waals surface area contributed by atoms with E-state index in [1.807, 2.05) is 24.3 Å². The maximum absolute atomic E-state index is 13.0. The van der Waals surface area contributed by atoms with Crippen LogP contribution in [0.4, 0.5) is 5.13 Å². The Balaban J connectivity index is 1.32. The van der Waals surface area contributed by atoms with E-state index in [4.69, 9.17) is 4.74 Å². The molecule has 1 aliphatic heterocycles. The van der Waals surface area contributed by atoms with Gasteiger partial charge in [0.2, 0.25) is 9.84 Å². The highest BCUT2D eigenvalue weighted by molar-refractivity contribution is 7.91. The van der Waals surface area contributed by atoms with Crippen molar-refractivity contribution in [1.29, 1.82) is 0 Å². The first-order valence-electron chi connectivity index (χ1n) is 9.70. The number of aromatic nitrogens is 1. The molecule has 0 saturated carbocycles. The van der Waals surface area contributed by atoms with E-state index in [1.165, 1.54) is 41.7 Å². The number of carbonyl (C=O) groups is 3. The maximum Gasteiger partial charge on any atom is 0.338 e. The summed E-state index contributed by atoms with van der Waals surface area (Å²) < 4.78 is 31.9. The monoisotopic (exact) mass is 478 g/mol. The highest BCUT2D eigenvalue weighted by atomic mass is 32.2. The summed E-state index contributed by atoms with van der Waals surface area (Å²) in [5.74, 6) is -1.92. The van der Waals surface area contributed by atoms with E-state index < -0.39 is 34.1 Å². The summed E-state index contributed by atoms with van der Waals surface area (Å²) in [6.45, 7) is -0.583. The van der Waals surface area contributed by atoms with Crippen molar-refractivity contribution in [3.8, 4) is 0 Å². The van der Waals surface area contributed by atoms with Crippen molar-refractivity contribution in [2.45, 2.75) is 9.79 Å². The first-order chi connectivity index (χ1) is 15.8. The summed E-state index contributed by atoms with van der Waals surface area (Å²) in [5.41, 5.74) is 0.726. The number of amides is 1. The topological polar surface area (TPSA) is 120 Å². The fraction of sp³-hybridized carbons (Fsp3) is 0.0435. The van der Waals surface area contributed by atoms with E-state index in [9.17, 15) is 22.8 Å². The molecule has 0 radical (unpaired) electrons. The number of thiazole rings is 1. The Labute approximate surface area is 191 Å². The van der Waals surface area contributed by atoms with Crippen molar-refractivity contribution < 1.29 is 27.5 Å². The first-order valence-corrected chi connectivity index (χ1v) is 12.0. The average molecular weight is 479 g/mol. The number of fused-ring (bicyclic) bond motifs is 3. The molecule has 0 bridgehead atoms. The summed E-state index contributed by atoms with van der Waals surface area (Å²) in [4.78, 5) is 41.2. The normalized spacial score (nSPS) is 13.8. The molecule has 3 aromatic carbocycles. The van der Waals surface area contributed by atoms with Gasteiger partial charge in [-0.05, 0) is 42.5 Å². The van der Waals surface area contributed by atoms with E-state index in [0.29, 0.717) is 5.13 Å². The lowest BCUT2D eigenvalue weighted by molar-refractivity contribution is -0.119. The zero-order chi connectivity index (χ0) is 23.2. The Hall–Kier alpha value is -3.89. The molecule has 164 valence electrons. The van der Waals surface area contributed by atoms with Crippen LogP contribution in [0.15, 0.2) is 76.5 Å². The van der Waals surface area contributed by atoms with Gasteiger partial charge in [0, 0.05) is 11.1 Å². The number of anilines is 1. The molecule has 0 unspecified atom stereocenters. The number of hydrogen-bond acceptors (Lipinski definition) is 8. The molecular weight excluding hydrogens is 464 g/mol. The van der Waals surface area contributed by atoms with Crippen molar-refractivity contribution in [3.05, 3.63) is 83.4 Å². The lowest BCUT2D eigenvalue weighted by Crippen LogP contribution is -2.22. The van der Waals surface area contributed by atoms with Gasteiger partial charge in [0.05, 0.1) is 25.6 Å². The molecule has 0 fully saturated rings. The largest absolute Gasteiger partial charge is 0.452 e. The molecule has 0 aliphatic carbocycles. The standard InChI is InChI=1S/C23H14N2O6S2/c26-20(25-23-24-16-6-2-3-7-17(16)32-23)12-31-22(28)13-9-10-15-19(11-13)33(29,30)18-8-4-1-5-14(18)21(15)27/h1-11H,12H2,(H,24,25,26). The Kier molecular flexibility index (Phi) is 5.03. The Morgan fingerprint density at radius 1 is 0.939 bits per heavy atom. The van der Waals surface area contributed by atoms with Crippen molar-refractivity contribution in [2.24, 2.45) is 0 Å². The predicted octanol–water partition coefficient (Wildman–Crippen LogP) is 3.47. The summed E-state index contributed by atoms with van der Waals surface area (Å²) in [6.07, 6.45) is 0. The third-order valence-corrected chi connectivity index (χ3v) is 7.85. The van der Waals surface area contributed by atoms with E-state index >= 15 is 0 Å². The van der Waals surface area contributed by atoms with Gasteiger partial charge in [-0.2, -0.15) is 0 Å². The molecule has 1 aliphatic rings. The molecule has 1 amide bonds. The minimum absolute atomic E-state index is 0.0150. The number of ketones is 1. The van der Waals surface area contributed by atoms with Gasteiger partial charge in [0.25, 0.3) is 5.91 Å². The van der Waals surface area contributed by atoms with Gasteiger partial charge >= 0.3 is 5.97 Å². The van der Waals surface area contributed by atoms with Crippen LogP contribution < -0.4 is 5.32 Å². The second-order valence-corrected chi connectivity index (χ2v) is 10.1. The number of carbonyl (C=O) groups excluding carboxylic acids is 3. The molecule has 2 heterocycles. The number of esters is 1. The molecule has 0 spiro atoms. The van der Waals surface area contributed by atoms with Crippen LogP contribution in [-0.4, -0.2) is 37.7 Å². The van der Waals surface area contributed by atoms with Crippen molar-refractivity contribution in [1.82, 2.24) is 4.98 Å². The van der Waals surface area contributed by atoms with E-state index in [-0.39, 0.29) is 26.5 Å². The molecule has 33 heavy (non-hydrogen) atoms. The van der Waals surface area contributed by atoms with Crippen molar-refractivity contribution >= 4 is 54.2 Å². The van der Waals surface area contributed by atoms with Crippen molar-refractivity contribution in [2.75, 3.05) is 11.9 Å². The van der Waals surface area contributed by atoms with Gasteiger partial charge in [-0.25, -0.2) is 18.2 Å². The first kappa shape index (κ1) is 21.0. The molecule has 5 rings (SSSR count). The fourth-order valence-corrected chi connectivity index (χ4v) is 6.07. The predicted molar refractivity (Wildman–Crippen MR) is 120 cm³/mol. The third kappa shape index (κ3) is 3.69. The lowest BCUT2D eigenvalue weighted by atomic mass is 10.0. The third-order valence-electron chi connectivity index (χ3n) is 5.05. The fourth-order valence-electron chi connectivity index (χ4n) is 3.51. The van der Waals surface area contributed by atoms with Crippen LogP contribution >= 0.6 is 11.3 Å². The maximum atomic E-state index is 13.0. The Morgan fingerprint density at radius 2 is 1.67 bits per heavy atom. The van der Waals surface area contributed by atoms with E-state index in [0.717, 1.165) is 16.3 Å². The minimum Gasteiger partial charge on any atom is -0.452 e. The molecular formula is C23H14N2O6S2. The van der Waals surface area contributed by atoms with Gasteiger partial charge in [0.15, 0.2) is 17.5 Å². The molecule has 0 saturated heterocycles. The van der Waals surface area contributed by atoms with Crippen molar-refractivity contribution in [3.63, 3.8) is 0 Å². The zero-order valence-corrected chi connectivity index (χ0v) is 18.4. The van der Waals surface area contributed by atoms with E-state index in [1.54, 1.807) is 6.07 Å². The number of nitrogens with zero attached hydrogens (tertiary/aromatic N) is 1. The Bertz CT molecular complexity index is 1540. The Morgan fingerprint density at radius 3 is 2.48 bits per heavy atom. The second kappa shape index (κ2) is 7.91.